The molecular formula is C16H17IN2. The molecule has 0 fully saturated rings. The maximum atomic E-state index is 5.74. The Morgan fingerprint density at radius 2 is 1.89 bits per heavy atom. The van der Waals surface area contributed by atoms with Crippen molar-refractivity contribution in [3.05, 3.63) is 68.8 Å². The molecule has 2 unspecified atom stereocenters. The summed E-state index contributed by atoms with van der Waals surface area (Å²) in [5.41, 5.74) is 7.22. The van der Waals surface area contributed by atoms with Gasteiger partial charge in [-0.25, -0.2) is 0 Å². The zero-order valence-corrected chi connectivity index (χ0v) is 12.8. The number of benzene rings is 2. The quantitative estimate of drug-likeness (QED) is 0.495. The summed E-state index contributed by atoms with van der Waals surface area (Å²) in [6, 6.07) is 17.5. The SMILES string of the molecule is NNC(CC1Cc2ccccc21)c1ccc(I)cc1. The Morgan fingerprint density at radius 1 is 1.16 bits per heavy atom. The van der Waals surface area contributed by atoms with Crippen LogP contribution in [0.25, 0.3) is 0 Å². The number of hydrazine groups is 1. The topological polar surface area (TPSA) is 38.0 Å². The highest BCUT2D eigenvalue weighted by Crippen LogP contribution is 2.40. The van der Waals surface area contributed by atoms with Crippen molar-refractivity contribution in [1.29, 1.82) is 0 Å². The lowest BCUT2D eigenvalue weighted by Crippen LogP contribution is -2.31. The van der Waals surface area contributed by atoms with E-state index in [1.54, 1.807) is 0 Å². The molecule has 3 N–H and O–H groups in total. The largest absolute Gasteiger partial charge is 0.271 e. The van der Waals surface area contributed by atoms with E-state index in [-0.39, 0.29) is 6.04 Å². The van der Waals surface area contributed by atoms with E-state index in [1.807, 2.05) is 0 Å². The fraction of sp³-hybridized carbons (Fsp3) is 0.250. The molecule has 1 aliphatic carbocycles. The monoisotopic (exact) mass is 364 g/mol. The van der Waals surface area contributed by atoms with E-state index >= 15 is 0 Å². The van der Waals surface area contributed by atoms with Crippen molar-refractivity contribution in [2.24, 2.45) is 5.84 Å². The molecule has 3 heteroatoms. The van der Waals surface area contributed by atoms with Gasteiger partial charge < -0.3 is 0 Å². The van der Waals surface area contributed by atoms with E-state index in [2.05, 4.69) is 76.5 Å². The Balaban J connectivity index is 1.73. The lowest BCUT2D eigenvalue weighted by Gasteiger charge is -2.33. The number of nitrogens with two attached hydrogens (primary N) is 1. The second kappa shape index (κ2) is 5.61. The summed E-state index contributed by atoms with van der Waals surface area (Å²) < 4.78 is 1.26. The van der Waals surface area contributed by atoms with E-state index in [1.165, 1.54) is 26.7 Å². The highest BCUT2D eigenvalue weighted by atomic mass is 127. The van der Waals surface area contributed by atoms with E-state index in [9.17, 15) is 0 Å². The van der Waals surface area contributed by atoms with Crippen molar-refractivity contribution in [2.45, 2.75) is 24.8 Å². The van der Waals surface area contributed by atoms with Crippen LogP contribution in [0.15, 0.2) is 48.5 Å². The third-order valence-corrected chi connectivity index (χ3v) is 4.67. The second-order valence-electron chi connectivity index (χ2n) is 5.11. The first kappa shape index (κ1) is 13.1. The van der Waals surface area contributed by atoms with Crippen molar-refractivity contribution in [2.75, 3.05) is 0 Å². The molecule has 2 atom stereocenters. The van der Waals surface area contributed by atoms with Crippen molar-refractivity contribution >= 4 is 22.6 Å². The average Bonchev–Trinajstić information content (AvgIpc) is 2.42. The Morgan fingerprint density at radius 3 is 2.58 bits per heavy atom. The van der Waals surface area contributed by atoms with Gasteiger partial charge in [0.15, 0.2) is 0 Å². The van der Waals surface area contributed by atoms with Gasteiger partial charge in [0, 0.05) is 9.61 Å². The maximum absolute atomic E-state index is 5.74. The summed E-state index contributed by atoms with van der Waals surface area (Å²) in [7, 11) is 0. The molecule has 98 valence electrons. The summed E-state index contributed by atoms with van der Waals surface area (Å²) in [5, 5.41) is 0. The van der Waals surface area contributed by atoms with Gasteiger partial charge in [-0.15, -0.1) is 0 Å². The molecule has 0 saturated heterocycles. The van der Waals surface area contributed by atoms with Crippen LogP contribution in [0.2, 0.25) is 0 Å². The van der Waals surface area contributed by atoms with Crippen molar-refractivity contribution in [3.8, 4) is 0 Å². The van der Waals surface area contributed by atoms with Gasteiger partial charge >= 0.3 is 0 Å². The Bertz CT molecular complexity index is 565. The molecule has 0 radical (unpaired) electrons. The second-order valence-corrected chi connectivity index (χ2v) is 6.35. The number of fused-ring (bicyclic) bond motifs is 1. The summed E-state index contributed by atoms with van der Waals surface area (Å²) in [6.07, 6.45) is 2.24. The van der Waals surface area contributed by atoms with Crippen LogP contribution in [0.3, 0.4) is 0 Å². The van der Waals surface area contributed by atoms with Crippen LogP contribution >= 0.6 is 22.6 Å². The molecule has 0 amide bonds. The van der Waals surface area contributed by atoms with Gasteiger partial charge in [0.25, 0.3) is 0 Å². The van der Waals surface area contributed by atoms with E-state index in [4.69, 9.17) is 5.84 Å². The zero-order chi connectivity index (χ0) is 13.2. The molecule has 2 aromatic rings. The van der Waals surface area contributed by atoms with Crippen LogP contribution in [0.4, 0.5) is 0 Å². The molecular weight excluding hydrogens is 347 g/mol. The van der Waals surface area contributed by atoms with Gasteiger partial charge in [-0.2, -0.15) is 0 Å². The van der Waals surface area contributed by atoms with Gasteiger partial charge in [0.2, 0.25) is 0 Å². The Hall–Kier alpha value is -0.910. The summed E-state index contributed by atoms with van der Waals surface area (Å²) >= 11 is 2.32. The molecule has 2 aromatic carbocycles. The van der Waals surface area contributed by atoms with Crippen LogP contribution in [0, 0.1) is 3.57 Å². The van der Waals surface area contributed by atoms with Crippen molar-refractivity contribution < 1.29 is 0 Å². The molecule has 19 heavy (non-hydrogen) atoms. The van der Waals surface area contributed by atoms with Gasteiger partial charge in [-0.1, -0.05) is 36.4 Å². The lowest BCUT2D eigenvalue weighted by atomic mass is 9.74. The first-order valence-corrected chi connectivity index (χ1v) is 7.65. The normalized spacial score (nSPS) is 18.5. The third kappa shape index (κ3) is 2.68. The Kier molecular flexibility index (Phi) is 3.86. The highest BCUT2D eigenvalue weighted by molar-refractivity contribution is 14.1. The fourth-order valence-electron chi connectivity index (χ4n) is 2.85. The fourth-order valence-corrected chi connectivity index (χ4v) is 3.21. The van der Waals surface area contributed by atoms with E-state index < -0.39 is 0 Å². The predicted molar refractivity (Wildman–Crippen MR) is 86.7 cm³/mol. The van der Waals surface area contributed by atoms with Crippen LogP contribution in [-0.4, -0.2) is 0 Å². The minimum atomic E-state index is 0.232. The molecule has 2 nitrogen and oxygen atoms in total. The predicted octanol–water partition coefficient (Wildman–Crippen LogP) is 3.53. The minimum absolute atomic E-state index is 0.232. The summed E-state index contributed by atoms with van der Waals surface area (Å²) in [5.74, 6) is 6.37. The van der Waals surface area contributed by atoms with E-state index in [0.29, 0.717) is 5.92 Å². The molecule has 0 aliphatic heterocycles. The number of hydrogen-bond acceptors (Lipinski definition) is 2. The smallest absolute Gasteiger partial charge is 0.0465 e. The minimum Gasteiger partial charge on any atom is -0.271 e. The average molecular weight is 364 g/mol. The van der Waals surface area contributed by atoms with Crippen molar-refractivity contribution in [3.63, 3.8) is 0 Å². The highest BCUT2D eigenvalue weighted by Gasteiger charge is 2.28. The van der Waals surface area contributed by atoms with Crippen molar-refractivity contribution in [1.82, 2.24) is 5.43 Å². The maximum Gasteiger partial charge on any atom is 0.0465 e. The number of rotatable bonds is 4. The van der Waals surface area contributed by atoms with E-state index in [0.717, 1.165) is 6.42 Å². The summed E-state index contributed by atoms with van der Waals surface area (Å²) in [4.78, 5) is 0. The van der Waals surface area contributed by atoms with Crippen LogP contribution in [0.5, 0.6) is 0 Å². The summed E-state index contributed by atoms with van der Waals surface area (Å²) in [6.45, 7) is 0. The van der Waals surface area contributed by atoms with Gasteiger partial charge in [-0.3, -0.25) is 11.3 Å². The number of hydrogen-bond donors (Lipinski definition) is 2. The lowest BCUT2D eigenvalue weighted by molar-refractivity contribution is 0.435. The first-order valence-electron chi connectivity index (χ1n) is 6.57. The number of halogens is 1. The van der Waals surface area contributed by atoms with Crippen LogP contribution in [-0.2, 0) is 6.42 Å². The van der Waals surface area contributed by atoms with Gasteiger partial charge in [0.1, 0.15) is 0 Å². The number of nitrogens with one attached hydrogen (secondary N) is 1. The zero-order valence-electron chi connectivity index (χ0n) is 10.6. The standard InChI is InChI=1S/C16H17IN2/c17-14-7-5-11(6-8-14)16(19-18)10-13-9-12-3-1-2-4-15(12)13/h1-8,13,16,19H,9-10,18H2. The van der Waals surface area contributed by atoms with Crippen LogP contribution in [0.1, 0.15) is 35.1 Å². The Labute approximate surface area is 127 Å². The van der Waals surface area contributed by atoms with Gasteiger partial charge in [0.05, 0.1) is 0 Å². The molecule has 1 aliphatic rings. The molecule has 0 spiro atoms. The van der Waals surface area contributed by atoms with Crippen LogP contribution < -0.4 is 11.3 Å². The first-order chi connectivity index (χ1) is 9.28. The molecule has 3 rings (SSSR count). The van der Waals surface area contributed by atoms with Gasteiger partial charge in [-0.05, 0) is 70.2 Å². The third-order valence-electron chi connectivity index (χ3n) is 3.96. The molecule has 0 saturated carbocycles. The molecule has 0 aromatic heterocycles. The molecule has 0 bridgehead atoms. The molecule has 0 heterocycles.